The number of nitrogens with zero attached hydrogens (tertiary/aromatic N) is 3. The molecule has 0 atom stereocenters. The van der Waals surface area contributed by atoms with Gasteiger partial charge in [0.15, 0.2) is 0 Å². The molecule has 8 heteroatoms. The zero-order valence-electron chi connectivity index (χ0n) is 15.5. The maximum absolute atomic E-state index is 12.9. The van der Waals surface area contributed by atoms with E-state index in [9.17, 15) is 18.5 Å². The predicted octanol–water partition coefficient (Wildman–Crippen LogP) is 2.57. The molecule has 0 spiro atoms. The van der Waals surface area contributed by atoms with Gasteiger partial charge < -0.3 is 4.90 Å². The lowest BCUT2D eigenvalue weighted by atomic mass is 10.1. The second-order valence-corrected chi connectivity index (χ2v) is 9.21. The number of rotatable bonds is 5. The van der Waals surface area contributed by atoms with Crippen LogP contribution < -0.4 is 0 Å². The molecule has 146 valence electrons. The van der Waals surface area contributed by atoms with Gasteiger partial charge in [-0.05, 0) is 36.1 Å². The highest BCUT2D eigenvalue weighted by Crippen LogP contribution is 2.22. The Morgan fingerprint density at radius 2 is 1.82 bits per heavy atom. The maximum atomic E-state index is 12.9. The normalized spacial score (nSPS) is 15.2. The summed E-state index contributed by atoms with van der Waals surface area (Å²) in [6.45, 7) is 1.05. The van der Waals surface area contributed by atoms with Gasteiger partial charge in [-0.15, -0.1) is 0 Å². The van der Waals surface area contributed by atoms with Crippen molar-refractivity contribution < 1.29 is 13.2 Å². The molecule has 0 bridgehead atoms. The van der Waals surface area contributed by atoms with Crippen LogP contribution in [-0.4, -0.2) is 56.0 Å². The van der Waals surface area contributed by atoms with Gasteiger partial charge in [0.25, 0.3) is 5.91 Å². The maximum Gasteiger partial charge on any atom is 0.253 e. The van der Waals surface area contributed by atoms with Crippen molar-refractivity contribution in [3.05, 3.63) is 65.2 Å². The molecule has 1 aliphatic heterocycles. The van der Waals surface area contributed by atoms with Crippen LogP contribution in [0.3, 0.4) is 0 Å². The topological polar surface area (TPSA) is 81.5 Å². The number of carbonyl (C=O) groups is 1. The molecular weight excluding hydrogens is 394 g/mol. The minimum atomic E-state index is -3.76. The first kappa shape index (κ1) is 20.4. The molecule has 2 aromatic rings. The summed E-state index contributed by atoms with van der Waals surface area (Å²) >= 11 is 1.69. The molecule has 6 nitrogen and oxygen atoms in total. The van der Waals surface area contributed by atoms with Gasteiger partial charge >= 0.3 is 0 Å². The van der Waals surface area contributed by atoms with Crippen molar-refractivity contribution in [1.82, 2.24) is 9.21 Å². The summed E-state index contributed by atoms with van der Waals surface area (Å²) in [7, 11) is -3.76. The van der Waals surface area contributed by atoms with Crippen LogP contribution >= 0.6 is 11.8 Å². The van der Waals surface area contributed by atoms with Crippen molar-refractivity contribution >= 4 is 27.7 Å². The third kappa shape index (κ3) is 4.22. The highest BCUT2D eigenvalue weighted by atomic mass is 32.2. The molecule has 3 rings (SSSR count). The molecule has 0 saturated carbocycles. The van der Waals surface area contributed by atoms with E-state index in [2.05, 4.69) is 0 Å². The van der Waals surface area contributed by atoms with Crippen LogP contribution in [0.15, 0.2) is 53.4 Å². The Hall–Kier alpha value is -2.34. The number of sulfonamides is 1. The summed E-state index contributed by atoms with van der Waals surface area (Å²) in [5.74, 6) is 0.753. The van der Waals surface area contributed by atoms with Gasteiger partial charge in [0.05, 0.1) is 10.5 Å². The Balaban J connectivity index is 1.71. The summed E-state index contributed by atoms with van der Waals surface area (Å²) in [6, 6.07) is 15.7. The molecule has 1 aliphatic rings. The van der Waals surface area contributed by atoms with Crippen molar-refractivity contribution in [2.75, 3.05) is 32.4 Å². The van der Waals surface area contributed by atoms with Crippen LogP contribution in [-0.2, 0) is 15.8 Å². The van der Waals surface area contributed by atoms with Gasteiger partial charge in [-0.1, -0.05) is 24.3 Å². The molecule has 1 saturated heterocycles. The summed E-state index contributed by atoms with van der Waals surface area (Å²) in [6.07, 6.45) is 2.01. The summed E-state index contributed by atoms with van der Waals surface area (Å²) in [5, 5.41) is 9.19. The second-order valence-electron chi connectivity index (χ2n) is 6.44. The minimum Gasteiger partial charge on any atom is -0.336 e. The van der Waals surface area contributed by atoms with Crippen LogP contribution in [0.1, 0.15) is 21.5 Å². The first-order valence-corrected chi connectivity index (χ1v) is 11.7. The Morgan fingerprint density at radius 3 is 2.50 bits per heavy atom. The van der Waals surface area contributed by atoms with Crippen molar-refractivity contribution in [2.24, 2.45) is 0 Å². The number of nitriles is 1. The third-order valence-corrected chi connectivity index (χ3v) is 7.21. The fourth-order valence-corrected chi connectivity index (χ4v) is 5.28. The summed E-state index contributed by atoms with van der Waals surface area (Å²) in [5.41, 5.74) is 1.84. The Morgan fingerprint density at radius 1 is 1.11 bits per heavy atom. The lowest BCUT2D eigenvalue weighted by Gasteiger charge is -2.34. The Kier molecular flexibility index (Phi) is 6.39. The number of hydrogen-bond acceptors (Lipinski definition) is 5. The lowest BCUT2D eigenvalue weighted by Crippen LogP contribution is -2.50. The number of hydrogen-bond donors (Lipinski definition) is 0. The monoisotopic (exact) mass is 415 g/mol. The molecule has 1 fully saturated rings. The van der Waals surface area contributed by atoms with Gasteiger partial charge in [0, 0.05) is 37.5 Å². The van der Waals surface area contributed by atoms with Crippen LogP contribution in [0.25, 0.3) is 0 Å². The van der Waals surface area contributed by atoms with Crippen LogP contribution in [0.4, 0.5) is 0 Å². The standard InChI is InChI=1S/C20H21N3O3S2/c1-27-15-16-5-4-7-17(13-16)20(24)22-9-11-23(12-10-22)28(25,26)19-8-3-2-6-18(19)14-21/h2-8,13H,9-12,15H2,1H3. The first-order chi connectivity index (χ1) is 13.5. The molecule has 1 amide bonds. The van der Waals surface area contributed by atoms with Crippen molar-refractivity contribution in [1.29, 1.82) is 5.26 Å². The molecule has 0 aromatic heterocycles. The molecule has 2 aromatic carbocycles. The smallest absolute Gasteiger partial charge is 0.253 e. The Labute approximate surface area is 169 Å². The van der Waals surface area contributed by atoms with Gasteiger partial charge in [-0.3, -0.25) is 4.79 Å². The summed E-state index contributed by atoms with van der Waals surface area (Å²) < 4.78 is 27.1. The lowest BCUT2D eigenvalue weighted by molar-refractivity contribution is 0.0698. The van der Waals surface area contributed by atoms with Crippen LogP contribution in [0, 0.1) is 11.3 Å². The molecule has 28 heavy (non-hydrogen) atoms. The van der Waals surface area contributed by atoms with E-state index in [1.165, 1.54) is 16.4 Å². The SMILES string of the molecule is CSCc1cccc(C(=O)N2CCN(S(=O)(=O)c3ccccc3C#N)CC2)c1. The summed E-state index contributed by atoms with van der Waals surface area (Å²) in [4.78, 5) is 14.5. The largest absolute Gasteiger partial charge is 0.336 e. The van der Waals surface area contributed by atoms with Gasteiger partial charge in [0.1, 0.15) is 6.07 Å². The van der Waals surface area contributed by atoms with E-state index in [4.69, 9.17) is 0 Å². The van der Waals surface area contributed by atoms with Gasteiger partial charge in [0.2, 0.25) is 10.0 Å². The molecule has 0 aliphatic carbocycles. The quantitative estimate of drug-likeness (QED) is 0.750. The van der Waals surface area contributed by atoms with Crippen molar-refractivity contribution in [3.8, 4) is 6.07 Å². The minimum absolute atomic E-state index is 0.0158. The third-order valence-electron chi connectivity index (χ3n) is 4.64. The number of carbonyl (C=O) groups excluding carboxylic acids is 1. The van der Waals surface area contributed by atoms with Crippen molar-refractivity contribution in [3.63, 3.8) is 0 Å². The number of piperazine rings is 1. The number of amides is 1. The van der Waals surface area contributed by atoms with Crippen molar-refractivity contribution in [2.45, 2.75) is 10.6 Å². The fraction of sp³-hybridized carbons (Fsp3) is 0.300. The van der Waals surface area contributed by atoms with Crippen LogP contribution in [0.2, 0.25) is 0 Å². The zero-order chi connectivity index (χ0) is 20.1. The van der Waals surface area contributed by atoms with E-state index in [-0.39, 0.29) is 29.5 Å². The predicted molar refractivity (Wildman–Crippen MR) is 109 cm³/mol. The van der Waals surface area contributed by atoms with E-state index in [0.717, 1.165) is 11.3 Å². The molecule has 0 unspecified atom stereocenters. The number of thioether (sulfide) groups is 1. The highest BCUT2D eigenvalue weighted by molar-refractivity contribution is 7.97. The first-order valence-electron chi connectivity index (χ1n) is 8.84. The fourth-order valence-electron chi connectivity index (χ4n) is 3.20. The van der Waals surface area contributed by atoms with Gasteiger partial charge in [-0.2, -0.15) is 21.3 Å². The molecule has 0 N–H and O–H groups in total. The average molecular weight is 416 g/mol. The highest BCUT2D eigenvalue weighted by Gasteiger charge is 2.31. The van der Waals surface area contributed by atoms with Crippen LogP contribution in [0.5, 0.6) is 0 Å². The van der Waals surface area contributed by atoms with E-state index in [1.54, 1.807) is 34.9 Å². The Bertz CT molecular complexity index is 1010. The van der Waals surface area contributed by atoms with E-state index in [0.29, 0.717) is 18.7 Å². The molecule has 0 radical (unpaired) electrons. The zero-order valence-corrected chi connectivity index (χ0v) is 17.2. The molecular formula is C20H21N3O3S2. The van der Waals surface area contributed by atoms with E-state index in [1.807, 2.05) is 30.5 Å². The number of benzene rings is 2. The van der Waals surface area contributed by atoms with E-state index < -0.39 is 10.0 Å². The van der Waals surface area contributed by atoms with Gasteiger partial charge in [-0.25, -0.2) is 8.42 Å². The average Bonchev–Trinajstić information content (AvgIpc) is 2.73. The molecule has 1 heterocycles. The second kappa shape index (κ2) is 8.78. The van der Waals surface area contributed by atoms with E-state index >= 15 is 0 Å².